The Hall–Kier alpha value is -1.71. The Kier molecular flexibility index (Phi) is 9.92. The lowest BCUT2D eigenvalue weighted by Crippen LogP contribution is -2.69. The fraction of sp³-hybridized carbons (Fsp3) is 0.870. The number of amides is 2. The van der Waals surface area contributed by atoms with Gasteiger partial charge in [-0.25, -0.2) is 0 Å². The van der Waals surface area contributed by atoms with E-state index >= 15 is 0 Å². The summed E-state index contributed by atoms with van der Waals surface area (Å²) >= 11 is 0. The standard InChI is InChI=1S/C23H47N5O4/c1-11-13(2)14(16(29)28-18(22(7,8)25)23(9,10)26)27-19(32)21(5,6)12-20(3,4)15(24)17(30)31/h13-15,18H,11-12,24-26H2,1-10H3,(H,27,32)(H,28,29)(H,30,31). The average molecular weight is 458 g/mol. The Bertz CT molecular complexity index is 663. The van der Waals surface area contributed by atoms with Gasteiger partial charge in [-0.05, 0) is 45.4 Å². The molecule has 0 aromatic heterocycles. The predicted molar refractivity (Wildman–Crippen MR) is 128 cm³/mol. The van der Waals surface area contributed by atoms with Crippen molar-refractivity contribution >= 4 is 17.8 Å². The van der Waals surface area contributed by atoms with E-state index < -0.39 is 46.0 Å². The molecule has 0 saturated heterocycles. The number of hydrogen-bond donors (Lipinski definition) is 6. The lowest BCUT2D eigenvalue weighted by atomic mass is 9.70. The van der Waals surface area contributed by atoms with Crippen LogP contribution in [0.3, 0.4) is 0 Å². The molecule has 0 aliphatic heterocycles. The van der Waals surface area contributed by atoms with Crippen LogP contribution in [0.1, 0.15) is 82.1 Å². The minimum absolute atomic E-state index is 0.147. The van der Waals surface area contributed by atoms with Crippen LogP contribution in [0.4, 0.5) is 0 Å². The zero-order valence-corrected chi connectivity index (χ0v) is 21.6. The maximum atomic E-state index is 13.3. The molecule has 0 heterocycles. The molecule has 3 atom stereocenters. The van der Waals surface area contributed by atoms with E-state index in [-0.39, 0.29) is 24.2 Å². The van der Waals surface area contributed by atoms with Crippen molar-refractivity contribution in [2.45, 2.75) is 111 Å². The summed E-state index contributed by atoms with van der Waals surface area (Å²) in [6.45, 7) is 17.9. The molecule has 32 heavy (non-hydrogen) atoms. The molecule has 0 aliphatic rings. The van der Waals surface area contributed by atoms with E-state index in [1.807, 2.05) is 13.8 Å². The summed E-state index contributed by atoms with van der Waals surface area (Å²) in [5, 5.41) is 15.1. The number of carboxylic acids is 1. The monoisotopic (exact) mass is 457 g/mol. The lowest BCUT2D eigenvalue weighted by Gasteiger charge is -2.42. The van der Waals surface area contributed by atoms with Gasteiger partial charge in [0.15, 0.2) is 0 Å². The third kappa shape index (κ3) is 8.33. The van der Waals surface area contributed by atoms with E-state index in [0.29, 0.717) is 6.42 Å². The second-order valence-corrected chi connectivity index (χ2v) is 11.8. The van der Waals surface area contributed by atoms with Gasteiger partial charge in [-0.3, -0.25) is 14.4 Å². The molecule has 3 unspecified atom stereocenters. The van der Waals surface area contributed by atoms with Crippen LogP contribution < -0.4 is 27.8 Å². The third-order valence-electron chi connectivity index (χ3n) is 6.18. The van der Waals surface area contributed by atoms with Crippen LogP contribution in [0.15, 0.2) is 0 Å². The van der Waals surface area contributed by atoms with Gasteiger partial charge in [-0.15, -0.1) is 0 Å². The molecule has 0 radical (unpaired) electrons. The number of carbonyl (C=O) groups excluding carboxylic acids is 2. The number of carboxylic acid groups (broad SMARTS) is 1. The molecule has 0 fully saturated rings. The van der Waals surface area contributed by atoms with Crippen molar-refractivity contribution in [3.63, 3.8) is 0 Å². The number of hydrogen-bond acceptors (Lipinski definition) is 6. The summed E-state index contributed by atoms with van der Waals surface area (Å²) < 4.78 is 0. The van der Waals surface area contributed by atoms with E-state index in [9.17, 15) is 19.5 Å². The highest BCUT2D eigenvalue weighted by Crippen LogP contribution is 2.36. The maximum absolute atomic E-state index is 13.3. The van der Waals surface area contributed by atoms with Gasteiger partial charge in [0.2, 0.25) is 11.8 Å². The Labute approximate surface area is 193 Å². The first-order chi connectivity index (χ1) is 14.1. The zero-order valence-electron chi connectivity index (χ0n) is 21.6. The highest BCUT2D eigenvalue weighted by molar-refractivity contribution is 5.90. The van der Waals surface area contributed by atoms with E-state index in [1.54, 1.807) is 55.4 Å². The van der Waals surface area contributed by atoms with Crippen molar-refractivity contribution < 1.29 is 19.5 Å². The Balaban J connectivity index is 5.75. The number of carbonyl (C=O) groups is 3. The first-order valence-electron chi connectivity index (χ1n) is 11.3. The molecule has 0 spiro atoms. The first kappa shape index (κ1) is 30.3. The molecule has 0 aromatic carbocycles. The fourth-order valence-electron chi connectivity index (χ4n) is 4.26. The number of nitrogens with two attached hydrogens (primary N) is 3. The van der Waals surface area contributed by atoms with Crippen molar-refractivity contribution in [1.29, 1.82) is 0 Å². The average Bonchev–Trinajstić information content (AvgIpc) is 2.59. The molecule has 0 aromatic rings. The summed E-state index contributed by atoms with van der Waals surface area (Å²) in [6.07, 6.45) is 0.888. The van der Waals surface area contributed by atoms with E-state index in [4.69, 9.17) is 17.2 Å². The minimum atomic E-state index is -1.12. The molecule has 9 N–H and O–H groups in total. The Morgan fingerprint density at radius 3 is 1.69 bits per heavy atom. The summed E-state index contributed by atoms with van der Waals surface area (Å²) in [6, 6.07) is -2.45. The van der Waals surface area contributed by atoms with Crippen LogP contribution in [-0.2, 0) is 14.4 Å². The van der Waals surface area contributed by atoms with Gasteiger partial charge in [-0.2, -0.15) is 0 Å². The second-order valence-electron chi connectivity index (χ2n) is 11.8. The quantitative estimate of drug-likeness (QED) is 0.256. The highest BCUT2D eigenvalue weighted by atomic mass is 16.4. The molecule has 0 saturated carbocycles. The van der Waals surface area contributed by atoms with Crippen LogP contribution in [0.5, 0.6) is 0 Å². The molecule has 2 amide bonds. The summed E-state index contributed by atoms with van der Waals surface area (Å²) in [5.41, 5.74) is 15.0. The van der Waals surface area contributed by atoms with Gasteiger partial charge >= 0.3 is 5.97 Å². The maximum Gasteiger partial charge on any atom is 0.321 e. The molecular formula is C23H47N5O4. The SMILES string of the molecule is CCC(C)C(NC(=O)C(C)(C)CC(C)(C)C(N)C(=O)O)C(=O)NC(C(C)(C)N)C(C)(C)N. The molecule has 9 nitrogen and oxygen atoms in total. The molecule has 0 bridgehead atoms. The van der Waals surface area contributed by atoms with Crippen molar-refractivity contribution in [2.24, 2.45) is 33.9 Å². The molecule has 9 heteroatoms. The lowest BCUT2D eigenvalue weighted by molar-refractivity contribution is -0.143. The summed E-state index contributed by atoms with van der Waals surface area (Å²) in [4.78, 5) is 37.8. The van der Waals surface area contributed by atoms with Gasteiger partial charge in [0.25, 0.3) is 0 Å². The van der Waals surface area contributed by atoms with E-state index in [1.165, 1.54) is 0 Å². The van der Waals surface area contributed by atoms with Crippen molar-refractivity contribution in [2.75, 3.05) is 0 Å². The minimum Gasteiger partial charge on any atom is -0.480 e. The molecule has 0 aliphatic carbocycles. The first-order valence-corrected chi connectivity index (χ1v) is 11.3. The van der Waals surface area contributed by atoms with Crippen molar-refractivity contribution in [3.8, 4) is 0 Å². The largest absolute Gasteiger partial charge is 0.480 e. The highest BCUT2D eigenvalue weighted by Gasteiger charge is 2.43. The topological polar surface area (TPSA) is 174 Å². The van der Waals surface area contributed by atoms with Gasteiger partial charge in [-0.1, -0.05) is 48.0 Å². The van der Waals surface area contributed by atoms with E-state index in [2.05, 4.69) is 10.6 Å². The number of aliphatic carboxylic acids is 1. The third-order valence-corrected chi connectivity index (χ3v) is 6.18. The smallest absolute Gasteiger partial charge is 0.321 e. The van der Waals surface area contributed by atoms with Crippen molar-refractivity contribution in [3.05, 3.63) is 0 Å². The van der Waals surface area contributed by atoms with Crippen LogP contribution in [0.25, 0.3) is 0 Å². The van der Waals surface area contributed by atoms with Crippen LogP contribution in [-0.4, -0.2) is 52.1 Å². The van der Waals surface area contributed by atoms with Crippen LogP contribution >= 0.6 is 0 Å². The van der Waals surface area contributed by atoms with Gasteiger partial charge < -0.3 is 32.9 Å². The molecule has 0 rings (SSSR count). The Morgan fingerprint density at radius 1 is 0.906 bits per heavy atom. The summed E-state index contributed by atoms with van der Waals surface area (Å²) in [7, 11) is 0. The fourth-order valence-corrected chi connectivity index (χ4v) is 4.26. The Morgan fingerprint density at radius 2 is 1.34 bits per heavy atom. The summed E-state index contributed by atoms with van der Waals surface area (Å²) in [5.74, 6) is -1.97. The van der Waals surface area contributed by atoms with Gasteiger partial charge in [0.05, 0.1) is 6.04 Å². The van der Waals surface area contributed by atoms with Crippen LogP contribution in [0, 0.1) is 16.7 Å². The normalized spacial score (nSPS) is 16.3. The van der Waals surface area contributed by atoms with Gasteiger partial charge in [0, 0.05) is 16.5 Å². The van der Waals surface area contributed by atoms with Crippen molar-refractivity contribution in [1.82, 2.24) is 10.6 Å². The zero-order chi connectivity index (χ0) is 25.9. The molecular weight excluding hydrogens is 410 g/mol. The second kappa shape index (κ2) is 10.5. The number of rotatable bonds is 12. The number of nitrogens with one attached hydrogen (secondary N) is 2. The predicted octanol–water partition coefficient (Wildman–Crippen LogP) is 1.33. The molecule has 188 valence electrons. The van der Waals surface area contributed by atoms with Gasteiger partial charge in [0.1, 0.15) is 12.1 Å². The van der Waals surface area contributed by atoms with Crippen LogP contribution in [0.2, 0.25) is 0 Å². The van der Waals surface area contributed by atoms with E-state index in [0.717, 1.165) is 0 Å².